The second-order valence-electron chi connectivity index (χ2n) is 3.68. The number of rotatable bonds is 3. The molecular formula is C10H13NO3S. The summed E-state index contributed by atoms with van der Waals surface area (Å²) >= 11 is 1.56. The van der Waals surface area contributed by atoms with Gasteiger partial charge < -0.3 is 9.52 Å². The van der Waals surface area contributed by atoms with E-state index in [1.807, 2.05) is 0 Å². The monoisotopic (exact) mass is 227 g/mol. The van der Waals surface area contributed by atoms with E-state index in [1.165, 1.54) is 38.4 Å². The lowest BCUT2D eigenvalue weighted by molar-refractivity contribution is 0.0690. The van der Waals surface area contributed by atoms with Crippen molar-refractivity contribution in [3.8, 4) is 0 Å². The molecule has 5 heteroatoms. The molecule has 0 amide bonds. The molecule has 1 aliphatic rings. The van der Waals surface area contributed by atoms with Crippen molar-refractivity contribution in [1.82, 2.24) is 4.98 Å². The molecule has 0 unspecified atom stereocenters. The molecule has 15 heavy (non-hydrogen) atoms. The molecule has 1 aromatic heterocycles. The van der Waals surface area contributed by atoms with Crippen molar-refractivity contribution in [2.75, 3.05) is 0 Å². The zero-order chi connectivity index (χ0) is 10.7. The molecule has 0 bridgehead atoms. The summed E-state index contributed by atoms with van der Waals surface area (Å²) in [5.74, 6) is -1.03. The highest BCUT2D eigenvalue weighted by Crippen LogP contribution is 2.32. The van der Waals surface area contributed by atoms with Gasteiger partial charge in [-0.25, -0.2) is 4.79 Å². The standard InChI is InChI=1S/C10H13NO3S/c12-9(13)8-6-14-10(11-8)15-7-4-2-1-3-5-7/h6-7H,1-5H2,(H,12,13). The maximum atomic E-state index is 10.6. The number of carboxylic acid groups (broad SMARTS) is 1. The van der Waals surface area contributed by atoms with Gasteiger partial charge in [0.15, 0.2) is 5.69 Å². The van der Waals surface area contributed by atoms with Gasteiger partial charge >= 0.3 is 5.97 Å². The van der Waals surface area contributed by atoms with E-state index in [-0.39, 0.29) is 5.69 Å². The van der Waals surface area contributed by atoms with E-state index >= 15 is 0 Å². The third-order valence-corrected chi connectivity index (χ3v) is 3.72. The van der Waals surface area contributed by atoms with E-state index in [2.05, 4.69) is 4.98 Å². The number of carbonyl (C=O) groups is 1. The molecule has 0 aromatic carbocycles. The Balaban J connectivity index is 1.94. The molecule has 0 aliphatic heterocycles. The summed E-state index contributed by atoms with van der Waals surface area (Å²) in [5.41, 5.74) is -0.00619. The quantitative estimate of drug-likeness (QED) is 0.860. The maximum absolute atomic E-state index is 10.6. The van der Waals surface area contributed by atoms with Crippen molar-refractivity contribution in [3.05, 3.63) is 12.0 Å². The van der Waals surface area contributed by atoms with E-state index in [9.17, 15) is 4.79 Å². The highest BCUT2D eigenvalue weighted by Gasteiger charge is 2.18. The summed E-state index contributed by atoms with van der Waals surface area (Å²) in [7, 11) is 0. The smallest absolute Gasteiger partial charge is 0.357 e. The van der Waals surface area contributed by atoms with Crippen LogP contribution in [-0.4, -0.2) is 21.3 Å². The number of hydrogen-bond acceptors (Lipinski definition) is 4. The van der Waals surface area contributed by atoms with E-state index in [0.29, 0.717) is 10.5 Å². The summed E-state index contributed by atoms with van der Waals surface area (Å²) < 4.78 is 5.10. The molecule has 0 spiro atoms. The van der Waals surface area contributed by atoms with Crippen LogP contribution in [0.25, 0.3) is 0 Å². The summed E-state index contributed by atoms with van der Waals surface area (Å²) in [6.07, 6.45) is 7.37. The summed E-state index contributed by atoms with van der Waals surface area (Å²) in [4.78, 5) is 14.5. The highest BCUT2D eigenvalue weighted by molar-refractivity contribution is 7.99. The van der Waals surface area contributed by atoms with Crippen LogP contribution in [0.2, 0.25) is 0 Å². The van der Waals surface area contributed by atoms with Crippen molar-refractivity contribution in [2.45, 2.75) is 42.6 Å². The molecule has 1 saturated carbocycles. The van der Waals surface area contributed by atoms with Gasteiger partial charge in [0.25, 0.3) is 5.22 Å². The Morgan fingerprint density at radius 1 is 1.47 bits per heavy atom. The predicted octanol–water partition coefficient (Wildman–Crippen LogP) is 2.80. The van der Waals surface area contributed by atoms with Gasteiger partial charge in [-0.2, -0.15) is 4.98 Å². The third-order valence-electron chi connectivity index (χ3n) is 2.52. The average Bonchev–Trinajstić information content (AvgIpc) is 2.68. The van der Waals surface area contributed by atoms with Crippen LogP contribution >= 0.6 is 11.8 Å². The molecule has 0 radical (unpaired) electrons. The lowest BCUT2D eigenvalue weighted by Crippen LogP contribution is -2.07. The molecule has 1 aliphatic carbocycles. The Kier molecular flexibility index (Phi) is 3.30. The molecule has 0 saturated heterocycles. The van der Waals surface area contributed by atoms with Crippen LogP contribution < -0.4 is 0 Å². The van der Waals surface area contributed by atoms with Gasteiger partial charge in [0.1, 0.15) is 6.26 Å². The van der Waals surface area contributed by atoms with Gasteiger partial charge in [0, 0.05) is 5.25 Å². The second kappa shape index (κ2) is 4.70. The van der Waals surface area contributed by atoms with Crippen LogP contribution in [0.5, 0.6) is 0 Å². The van der Waals surface area contributed by atoms with Crippen LogP contribution in [0.1, 0.15) is 42.6 Å². The Morgan fingerprint density at radius 3 is 2.80 bits per heavy atom. The SMILES string of the molecule is O=C(O)c1coc(SC2CCCCC2)n1. The first kappa shape index (κ1) is 10.5. The van der Waals surface area contributed by atoms with Gasteiger partial charge in [-0.3, -0.25) is 0 Å². The van der Waals surface area contributed by atoms with E-state index in [0.717, 1.165) is 0 Å². The first-order valence-corrected chi connectivity index (χ1v) is 5.99. The minimum atomic E-state index is -1.03. The fourth-order valence-corrected chi connectivity index (χ4v) is 2.84. The summed E-state index contributed by atoms with van der Waals surface area (Å²) in [6.45, 7) is 0. The molecule has 4 nitrogen and oxygen atoms in total. The Bertz CT molecular complexity index is 344. The minimum absolute atomic E-state index is 0.00619. The number of carboxylic acids is 1. The number of aromatic nitrogens is 1. The number of aromatic carboxylic acids is 1. The zero-order valence-corrected chi connectivity index (χ0v) is 9.13. The topological polar surface area (TPSA) is 63.3 Å². The predicted molar refractivity (Wildman–Crippen MR) is 56.2 cm³/mol. The van der Waals surface area contributed by atoms with E-state index in [1.54, 1.807) is 11.8 Å². The molecule has 1 N–H and O–H groups in total. The number of oxazole rings is 1. The fourth-order valence-electron chi connectivity index (χ4n) is 1.74. The maximum Gasteiger partial charge on any atom is 0.357 e. The molecule has 82 valence electrons. The van der Waals surface area contributed by atoms with Crippen LogP contribution in [0.15, 0.2) is 15.9 Å². The van der Waals surface area contributed by atoms with Gasteiger partial charge in [0.05, 0.1) is 0 Å². The van der Waals surface area contributed by atoms with Crippen LogP contribution in [0.4, 0.5) is 0 Å². The largest absolute Gasteiger partial charge is 0.476 e. The minimum Gasteiger partial charge on any atom is -0.476 e. The van der Waals surface area contributed by atoms with Crippen molar-refractivity contribution in [2.24, 2.45) is 0 Å². The zero-order valence-electron chi connectivity index (χ0n) is 8.31. The van der Waals surface area contributed by atoms with Crippen molar-refractivity contribution < 1.29 is 14.3 Å². The summed E-state index contributed by atoms with van der Waals surface area (Å²) in [6, 6.07) is 0. The van der Waals surface area contributed by atoms with Gasteiger partial charge in [-0.1, -0.05) is 31.0 Å². The van der Waals surface area contributed by atoms with Crippen molar-refractivity contribution in [1.29, 1.82) is 0 Å². The Labute approximate surface area is 92.1 Å². The molecule has 1 aromatic rings. The lowest BCUT2D eigenvalue weighted by Gasteiger charge is -2.18. The normalized spacial score (nSPS) is 17.9. The molecular weight excluding hydrogens is 214 g/mol. The number of nitrogens with zero attached hydrogens (tertiary/aromatic N) is 1. The van der Waals surface area contributed by atoms with Crippen LogP contribution in [-0.2, 0) is 0 Å². The molecule has 1 heterocycles. The average molecular weight is 227 g/mol. The first-order chi connectivity index (χ1) is 7.25. The first-order valence-electron chi connectivity index (χ1n) is 5.11. The second-order valence-corrected chi connectivity index (χ2v) is 4.93. The molecule has 1 fully saturated rings. The number of thioether (sulfide) groups is 1. The Hall–Kier alpha value is -0.970. The van der Waals surface area contributed by atoms with Gasteiger partial charge in [-0.15, -0.1) is 0 Å². The van der Waals surface area contributed by atoms with Crippen molar-refractivity contribution in [3.63, 3.8) is 0 Å². The third kappa shape index (κ3) is 2.75. The Morgan fingerprint density at radius 2 is 2.20 bits per heavy atom. The highest BCUT2D eigenvalue weighted by atomic mass is 32.2. The van der Waals surface area contributed by atoms with Gasteiger partial charge in [-0.05, 0) is 12.8 Å². The fraction of sp³-hybridized carbons (Fsp3) is 0.600. The van der Waals surface area contributed by atoms with E-state index < -0.39 is 5.97 Å². The summed E-state index contributed by atoms with van der Waals surface area (Å²) in [5, 5.41) is 9.70. The number of hydrogen-bond donors (Lipinski definition) is 1. The molecule has 2 rings (SSSR count). The van der Waals surface area contributed by atoms with Gasteiger partial charge in [0.2, 0.25) is 0 Å². The molecule has 0 atom stereocenters. The van der Waals surface area contributed by atoms with Crippen LogP contribution in [0, 0.1) is 0 Å². The van der Waals surface area contributed by atoms with E-state index in [4.69, 9.17) is 9.52 Å². The lowest BCUT2D eigenvalue weighted by atomic mass is 10.0. The van der Waals surface area contributed by atoms with Crippen LogP contribution in [0.3, 0.4) is 0 Å². The van der Waals surface area contributed by atoms with Crippen molar-refractivity contribution >= 4 is 17.7 Å².